The van der Waals surface area contributed by atoms with Crippen molar-refractivity contribution in [2.75, 3.05) is 0 Å². The molecule has 0 aliphatic carbocycles. The fraction of sp³-hybridized carbons (Fsp3) is 0.500. The molecule has 1 aromatic rings. The Kier molecular flexibility index (Phi) is 5.49. The quantitative estimate of drug-likeness (QED) is 0.907. The second kappa shape index (κ2) is 6.47. The van der Waals surface area contributed by atoms with Gasteiger partial charge in [-0.1, -0.05) is 23.2 Å². The van der Waals surface area contributed by atoms with Gasteiger partial charge in [-0.25, -0.2) is 0 Å². The first kappa shape index (κ1) is 16.1. The minimum Gasteiger partial charge on any atom is -0.474 e. The molecule has 0 heterocycles. The number of nitrogens with one attached hydrogen (secondary N) is 1. The van der Waals surface area contributed by atoms with E-state index in [4.69, 9.17) is 33.2 Å². The third-order valence-corrected chi connectivity index (χ3v) is 2.87. The Bertz CT molecular complexity index is 489. The summed E-state index contributed by atoms with van der Waals surface area (Å²) in [6.45, 7) is 8.44. The average molecular weight is 301 g/mol. The molecule has 0 aliphatic rings. The van der Waals surface area contributed by atoms with Crippen LogP contribution in [0.25, 0.3) is 0 Å². The van der Waals surface area contributed by atoms with Crippen LogP contribution in [-0.4, -0.2) is 11.6 Å². The van der Waals surface area contributed by atoms with Crippen molar-refractivity contribution in [2.45, 2.75) is 45.9 Å². The van der Waals surface area contributed by atoms with Gasteiger partial charge in [0.15, 0.2) is 6.10 Å². The minimum absolute atomic E-state index is 0.0348. The summed E-state index contributed by atoms with van der Waals surface area (Å²) in [5.41, 5.74) is 0.807. The van der Waals surface area contributed by atoms with Crippen LogP contribution in [-0.2, 0) is 6.54 Å². The molecule has 1 rings (SSSR count). The summed E-state index contributed by atoms with van der Waals surface area (Å²) in [4.78, 5) is 0. The van der Waals surface area contributed by atoms with E-state index in [0.29, 0.717) is 22.3 Å². The van der Waals surface area contributed by atoms with Gasteiger partial charge >= 0.3 is 0 Å². The molecule has 0 fully saturated rings. The standard InChI is InChI=1S/C14H18Cl2N2O/c1-9(7-17)19-13-10(8-18-14(2,3)4)5-11(15)6-12(13)16/h5-6,9,18H,8H2,1-4H3. The summed E-state index contributed by atoms with van der Waals surface area (Å²) in [6.07, 6.45) is -0.563. The van der Waals surface area contributed by atoms with E-state index in [0.717, 1.165) is 5.56 Å². The van der Waals surface area contributed by atoms with Gasteiger partial charge in [0.05, 0.1) is 5.02 Å². The van der Waals surface area contributed by atoms with Gasteiger partial charge in [-0.3, -0.25) is 0 Å². The molecule has 3 nitrogen and oxygen atoms in total. The van der Waals surface area contributed by atoms with E-state index in [-0.39, 0.29) is 5.54 Å². The molecule has 0 saturated carbocycles. The monoisotopic (exact) mass is 300 g/mol. The lowest BCUT2D eigenvalue weighted by molar-refractivity contribution is 0.272. The second-order valence-corrected chi connectivity index (χ2v) is 6.21. The SMILES string of the molecule is CC(C#N)Oc1c(Cl)cc(Cl)cc1CNC(C)(C)C. The highest BCUT2D eigenvalue weighted by Gasteiger charge is 2.16. The molecule has 104 valence electrons. The van der Waals surface area contributed by atoms with Crippen LogP contribution in [0.2, 0.25) is 10.0 Å². The first-order valence-electron chi connectivity index (χ1n) is 6.02. The van der Waals surface area contributed by atoms with Gasteiger partial charge < -0.3 is 10.1 Å². The highest BCUT2D eigenvalue weighted by molar-refractivity contribution is 6.35. The summed E-state index contributed by atoms with van der Waals surface area (Å²) in [6, 6.07) is 5.43. The van der Waals surface area contributed by atoms with E-state index in [1.807, 2.05) is 6.07 Å². The molecule has 5 heteroatoms. The Balaban J connectivity index is 3.03. The molecule has 1 N–H and O–H groups in total. The average Bonchev–Trinajstić information content (AvgIpc) is 2.28. The Labute approximate surface area is 124 Å². The molecule has 0 saturated heterocycles. The fourth-order valence-electron chi connectivity index (χ4n) is 1.44. The van der Waals surface area contributed by atoms with Crippen LogP contribution in [0.1, 0.15) is 33.3 Å². The van der Waals surface area contributed by atoms with Crippen molar-refractivity contribution in [3.8, 4) is 11.8 Å². The highest BCUT2D eigenvalue weighted by Crippen LogP contribution is 2.33. The summed E-state index contributed by atoms with van der Waals surface area (Å²) in [5.74, 6) is 0.511. The Morgan fingerprint density at radius 3 is 2.53 bits per heavy atom. The van der Waals surface area contributed by atoms with Gasteiger partial charge in [-0.2, -0.15) is 5.26 Å². The van der Waals surface area contributed by atoms with Gasteiger partial charge in [-0.05, 0) is 39.8 Å². The number of nitriles is 1. The summed E-state index contributed by atoms with van der Waals surface area (Å²) < 4.78 is 5.55. The van der Waals surface area contributed by atoms with Crippen molar-refractivity contribution in [3.05, 3.63) is 27.7 Å². The topological polar surface area (TPSA) is 45.0 Å². The normalized spacial score (nSPS) is 12.9. The number of hydrogen-bond donors (Lipinski definition) is 1. The van der Waals surface area contributed by atoms with Crippen LogP contribution < -0.4 is 10.1 Å². The smallest absolute Gasteiger partial charge is 0.181 e. The number of nitrogens with zero attached hydrogens (tertiary/aromatic N) is 1. The van der Waals surface area contributed by atoms with E-state index in [9.17, 15) is 0 Å². The molecule has 0 aromatic heterocycles. The lowest BCUT2D eigenvalue weighted by Gasteiger charge is -2.22. The summed E-state index contributed by atoms with van der Waals surface area (Å²) >= 11 is 12.1. The lowest BCUT2D eigenvalue weighted by Crippen LogP contribution is -2.35. The van der Waals surface area contributed by atoms with Crippen molar-refractivity contribution in [1.29, 1.82) is 5.26 Å². The molecule has 1 atom stereocenters. The molecule has 0 aliphatic heterocycles. The molecule has 1 unspecified atom stereocenters. The fourth-order valence-corrected chi connectivity index (χ4v) is 2.02. The van der Waals surface area contributed by atoms with Crippen LogP contribution in [0.15, 0.2) is 12.1 Å². The summed E-state index contributed by atoms with van der Waals surface area (Å²) in [5, 5.41) is 13.1. The zero-order valence-corrected chi connectivity index (χ0v) is 13.1. The predicted molar refractivity (Wildman–Crippen MR) is 78.8 cm³/mol. The lowest BCUT2D eigenvalue weighted by atomic mass is 10.1. The number of hydrogen-bond acceptors (Lipinski definition) is 3. The summed E-state index contributed by atoms with van der Waals surface area (Å²) in [7, 11) is 0. The van der Waals surface area contributed by atoms with Crippen LogP contribution in [0.4, 0.5) is 0 Å². The van der Waals surface area contributed by atoms with Crippen molar-refractivity contribution in [2.24, 2.45) is 0 Å². The molecule has 0 amide bonds. The van der Waals surface area contributed by atoms with Crippen LogP contribution in [0.5, 0.6) is 5.75 Å². The van der Waals surface area contributed by atoms with Crippen LogP contribution in [0, 0.1) is 11.3 Å². The molecular formula is C14H18Cl2N2O. The number of halogens is 2. The minimum atomic E-state index is -0.563. The third kappa shape index (κ3) is 5.28. The van der Waals surface area contributed by atoms with Crippen molar-refractivity contribution < 1.29 is 4.74 Å². The number of ether oxygens (including phenoxy) is 1. The Morgan fingerprint density at radius 1 is 1.37 bits per heavy atom. The first-order valence-corrected chi connectivity index (χ1v) is 6.78. The molecule has 0 spiro atoms. The second-order valence-electron chi connectivity index (χ2n) is 5.37. The van der Waals surface area contributed by atoms with E-state index in [2.05, 4.69) is 26.1 Å². The van der Waals surface area contributed by atoms with Gasteiger partial charge in [0, 0.05) is 22.7 Å². The largest absolute Gasteiger partial charge is 0.474 e. The van der Waals surface area contributed by atoms with E-state index in [1.54, 1.807) is 19.1 Å². The van der Waals surface area contributed by atoms with Crippen LogP contribution >= 0.6 is 23.2 Å². The molecule has 19 heavy (non-hydrogen) atoms. The van der Waals surface area contributed by atoms with Gasteiger partial charge in [0.1, 0.15) is 11.8 Å². The molecule has 0 bridgehead atoms. The van der Waals surface area contributed by atoms with E-state index in [1.165, 1.54) is 0 Å². The van der Waals surface area contributed by atoms with Gasteiger partial charge in [-0.15, -0.1) is 0 Å². The van der Waals surface area contributed by atoms with Crippen molar-refractivity contribution >= 4 is 23.2 Å². The van der Waals surface area contributed by atoms with Crippen molar-refractivity contribution in [3.63, 3.8) is 0 Å². The number of rotatable bonds is 4. The van der Waals surface area contributed by atoms with Crippen LogP contribution in [0.3, 0.4) is 0 Å². The van der Waals surface area contributed by atoms with Gasteiger partial charge in [0.2, 0.25) is 0 Å². The third-order valence-electron chi connectivity index (χ3n) is 2.37. The molecule has 0 radical (unpaired) electrons. The van der Waals surface area contributed by atoms with E-state index < -0.39 is 6.10 Å². The zero-order valence-electron chi connectivity index (χ0n) is 11.6. The first-order chi connectivity index (χ1) is 8.73. The maximum absolute atomic E-state index is 8.83. The van der Waals surface area contributed by atoms with E-state index >= 15 is 0 Å². The maximum Gasteiger partial charge on any atom is 0.181 e. The Morgan fingerprint density at radius 2 is 2.00 bits per heavy atom. The maximum atomic E-state index is 8.83. The van der Waals surface area contributed by atoms with Gasteiger partial charge in [0.25, 0.3) is 0 Å². The predicted octanol–water partition coefficient (Wildman–Crippen LogP) is 4.17. The van der Waals surface area contributed by atoms with Crippen molar-refractivity contribution in [1.82, 2.24) is 5.32 Å². The Hall–Kier alpha value is -0.950. The number of benzene rings is 1. The zero-order chi connectivity index (χ0) is 14.6. The highest BCUT2D eigenvalue weighted by atomic mass is 35.5. The molecular weight excluding hydrogens is 283 g/mol. The molecule has 1 aromatic carbocycles.